The molecule has 2 aromatic heterocycles. The zero-order valence-corrected chi connectivity index (χ0v) is 18.5. The quantitative estimate of drug-likeness (QED) is 0.533. The molecule has 0 spiro atoms. The van der Waals surface area contributed by atoms with Gasteiger partial charge in [-0.1, -0.05) is 45.7 Å². The van der Waals surface area contributed by atoms with E-state index in [0.717, 1.165) is 22.6 Å². The van der Waals surface area contributed by atoms with Gasteiger partial charge in [-0.3, -0.25) is 14.8 Å². The number of rotatable bonds is 5. The Labute approximate surface area is 184 Å². The molecule has 0 bridgehead atoms. The first-order valence-electron chi connectivity index (χ1n) is 11.0. The van der Waals surface area contributed by atoms with Crippen LogP contribution >= 0.6 is 0 Å². The van der Waals surface area contributed by atoms with E-state index in [0.29, 0.717) is 11.6 Å². The zero-order chi connectivity index (χ0) is 21.8. The van der Waals surface area contributed by atoms with Crippen LogP contribution in [-0.4, -0.2) is 21.9 Å². The van der Waals surface area contributed by atoms with Crippen LogP contribution in [0.4, 0.5) is 11.4 Å². The molecule has 0 atom stereocenters. The van der Waals surface area contributed by atoms with Gasteiger partial charge in [0.1, 0.15) is 0 Å². The molecule has 5 nitrogen and oxygen atoms in total. The smallest absolute Gasteiger partial charge is 0.257 e. The lowest BCUT2D eigenvalue weighted by Gasteiger charge is -2.19. The number of amides is 1. The fraction of sp³-hybridized carbons (Fsp3) is 0.346. The van der Waals surface area contributed by atoms with E-state index in [4.69, 9.17) is 0 Å². The Balaban J connectivity index is 1.60. The molecule has 0 aliphatic heterocycles. The first-order valence-corrected chi connectivity index (χ1v) is 11.0. The van der Waals surface area contributed by atoms with Crippen molar-refractivity contribution in [2.45, 2.75) is 57.9 Å². The Hall–Kier alpha value is -3.21. The molecular formula is C26H30N4O. The average molecular weight is 415 g/mol. The summed E-state index contributed by atoms with van der Waals surface area (Å²) in [7, 11) is 0. The third-order valence-electron chi connectivity index (χ3n) is 5.85. The van der Waals surface area contributed by atoms with Gasteiger partial charge in [0.2, 0.25) is 0 Å². The number of hydrogen-bond donors (Lipinski definition) is 2. The molecule has 1 aliphatic carbocycles. The molecule has 2 heterocycles. The monoisotopic (exact) mass is 414 g/mol. The minimum atomic E-state index is -0.191. The predicted octanol–water partition coefficient (Wildman–Crippen LogP) is 6.05. The van der Waals surface area contributed by atoms with Crippen LogP contribution in [0, 0.1) is 0 Å². The number of nitrogens with zero attached hydrogens (tertiary/aromatic N) is 2. The number of anilines is 2. The fourth-order valence-electron chi connectivity index (χ4n) is 4.06. The van der Waals surface area contributed by atoms with Crippen LogP contribution in [0.25, 0.3) is 11.3 Å². The Kier molecular flexibility index (Phi) is 6.03. The summed E-state index contributed by atoms with van der Waals surface area (Å²) in [4.78, 5) is 22.0. The van der Waals surface area contributed by atoms with Gasteiger partial charge in [0.15, 0.2) is 0 Å². The number of nitrogens with one attached hydrogen (secondary N) is 2. The zero-order valence-electron chi connectivity index (χ0n) is 18.5. The maximum absolute atomic E-state index is 13.1. The van der Waals surface area contributed by atoms with Gasteiger partial charge in [-0.15, -0.1) is 0 Å². The molecule has 31 heavy (non-hydrogen) atoms. The van der Waals surface area contributed by atoms with Crippen molar-refractivity contribution >= 4 is 17.3 Å². The highest BCUT2D eigenvalue weighted by atomic mass is 16.1. The fourth-order valence-corrected chi connectivity index (χ4v) is 4.06. The highest BCUT2D eigenvalue weighted by Crippen LogP contribution is 2.31. The van der Waals surface area contributed by atoms with Gasteiger partial charge in [0.25, 0.3) is 5.91 Å². The lowest BCUT2D eigenvalue weighted by molar-refractivity contribution is 0.102. The third kappa shape index (κ3) is 4.93. The molecule has 4 rings (SSSR count). The summed E-state index contributed by atoms with van der Waals surface area (Å²) in [6.07, 6.45) is 9.93. The van der Waals surface area contributed by atoms with Crippen LogP contribution in [0.3, 0.4) is 0 Å². The van der Waals surface area contributed by atoms with Crippen molar-refractivity contribution in [2.24, 2.45) is 0 Å². The summed E-state index contributed by atoms with van der Waals surface area (Å²) >= 11 is 0. The van der Waals surface area contributed by atoms with Crippen molar-refractivity contribution in [2.75, 3.05) is 10.6 Å². The third-order valence-corrected chi connectivity index (χ3v) is 5.85. The summed E-state index contributed by atoms with van der Waals surface area (Å²) in [5, 5.41) is 6.64. The minimum absolute atomic E-state index is 0.0702. The molecule has 5 heteroatoms. The summed E-state index contributed by atoms with van der Waals surface area (Å²) in [6.45, 7) is 6.52. The first-order chi connectivity index (χ1) is 14.9. The average Bonchev–Trinajstić information content (AvgIpc) is 3.27. The summed E-state index contributed by atoms with van der Waals surface area (Å²) < 4.78 is 0. The maximum atomic E-state index is 13.1. The van der Waals surface area contributed by atoms with Gasteiger partial charge in [0.05, 0.1) is 16.9 Å². The lowest BCUT2D eigenvalue weighted by Crippen LogP contribution is -2.17. The molecule has 2 N–H and O–H groups in total. The van der Waals surface area contributed by atoms with E-state index in [9.17, 15) is 4.79 Å². The SMILES string of the molecule is CC(C)(C)c1ccc(NC(=O)c2cnccc2-c2ncccc2NC2CCCC2)cc1. The van der Waals surface area contributed by atoms with E-state index in [1.165, 1.54) is 31.2 Å². The number of benzene rings is 1. The van der Waals surface area contributed by atoms with Crippen LogP contribution < -0.4 is 10.6 Å². The molecule has 160 valence electrons. The molecule has 1 saturated carbocycles. The topological polar surface area (TPSA) is 66.9 Å². The number of carbonyl (C=O) groups is 1. The Bertz CT molecular complexity index is 1050. The van der Waals surface area contributed by atoms with E-state index in [-0.39, 0.29) is 11.3 Å². The van der Waals surface area contributed by atoms with E-state index in [1.54, 1.807) is 18.6 Å². The van der Waals surface area contributed by atoms with Crippen molar-refractivity contribution in [3.05, 3.63) is 72.2 Å². The minimum Gasteiger partial charge on any atom is -0.381 e. The van der Waals surface area contributed by atoms with Gasteiger partial charge < -0.3 is 10.6 Å². The lowest BCUT2D eigenvalue weighted by atomic mass is 9.87. The highest BCUT2D eigenvalue weighted by Gasteiger charge is 2.20. The Morgan fingerprint density at radius 3 is 2.45 bits per heavy atom. The van der Waals surface area contributed by atoms with E-state index < -0.39 is 0 Å². The maximum Gasteiger partial charge on any atom is 0.257 e. The molecule has 1 amide bonds. The predicted molar refractivity (Wildman–Crippen MR) is 126 cm³/mol. The van der Waals surface area contributed by atoms with Crippen molar-refractivity contribution in [3.8, 4) is 11.3 Å². The Morgan fingerprint density at radius 1 is 1.00 bits per heavy atom. The second-order valence-electron chi connectivity index (χ2n) is 9.23. The Morgan fingerprint density at radius 2 is 1.74 bits per heavy atom. The van der Waals surface area contributed by atoms with Gasteiger partial charge in [-0.2, -0.15) is 0 Å². The normalized spacial score (nSPS) is 14.4. The molecule has 1 fully saturated rings. The molecule has 0 radical (unpaired) electrons. The highest BCUT2D eigenvalue weighted by molar-refractivity contribution is 6.08. The molecular weight excluding hydrogens is 384 g/mol. The summed E-state index contributed by atoms with van der Waals surface area (Å²) in [5.41, 5.74) is 5.09. The van der Waals surface area contributed by atoms with Crippen LogP contribution in [-0.2, 0) is 5.41 Å². The van der Waals surface area contributed by atoms with Gasteiger partial charge in [-0.25, -0.2) is 0 Å². The molecule has 1 aromatic carbocycles. The van der Waals surface area contributed by atoms with E-state index in [2.05, 4.69) is 53.5 Å². The van der Waals surface area contributed by atoms with Crippen LogP contribution in [0.2, 0.25) is 0 Å². The second-order valence-corrected chi connectivity index (χ2v) is 9.23. The molecule has 3 aromatic rings. The van der Waals surface area contributed by atoms with Crippen LogP contribution in [0.15, 0.2) is 61.1 Å². The van der Waals surface area contributed by atoms with Crippen molar-refractivity contribution in [3.63, 3.8) is 0 Å². The van der Waals surface area contributed by atoms with Crippen LogP contribution in [0.5, 0.6) is 0 Å². The van der Waals surface area contributed by atoms with Crippen molar-refractivity contribution < 1.29 is 4.79 Å². The molecule has 1 aliphatic rings. The standard InChI is InChI=1S/C26H30N4O/c1-26(2,3)18-10-12-20(13-11-18)30-25(31)22-17-27-16-14-21(22)24-23(9-6-15-28-24)29-19-7-4-5-8-19/h6,9-17,19,29H,4-5,7-8H2,1-3H3,(H,30,31). The number of carbonyl (C=O) groups excluding carboxylic acids is 1. The molecule has 0 unspecified atom stereocenters. The second kappa shape index (κ2) is 8.88. The van der Waals surface area contributed by atoms with Crippen molar-refractivity contribution in [1.82, 2.24) is 9.97 Å². The van der Waals surface area contributed by atoms with Gasteiger partial charge in [0, 0.05) is 35.9 Å². The van der Waals surface area contributed by atoms with Crippen molar-refractivity contribution in [1.29, 1.82) is 0 Å². The largest absolute Gasteiger partial charge is 0.381 e. The van der Waals surface area contributed by atoms with Crippen LogP contribution in [0.1, 0.15) is 62.4 Å². The van der Waals surface area contributed by atoms with E-state index >= 15 is 0 Å². The van der Waals surface area contributed by atoms with Gasteiger partial charge >= 0.3 is 0 Å². The number of pyridine rings is 2. The van der Waals surface area contributed by atoms with Gasteiger partial charge in [-0.05, 0) is 54.2 Å². The molecule has 0 saturated heterocycles. The first kappa shape index (κ1) is 21.0. The van der Waals surface area contributed by atoms with E-state index in [1.807, 2.05) is 30.3 Å². The summed E-state index contributed by atoms with van der Waals surface area (Å²) in [6, 6.07) is 14.3. The number of hydrogen-bond acceptors (Lipinski definition) is 4. The summed E-state index contributed by atoms with van der Waals surface area (Å²) in [5.74, 6) is -0.191. The number of aromatic nitrogens is 2.